The van der Waals surface area contributed by atoms with Gasteiger partial charge in [-0.25, -0.2) is 24.5 Å². The van der Waals surface area contributed by atoms with Crippen molar-refractivity contribution < 1.29 is 9.18 Å². The number of nitrogens with one attached hydrogen (secondary N) is 4. The monoisotopic (exact) mass is 522 g/mol. The summed E-state index contributed by atoms with van der Waals surface area (Å²) in [5.41, 5.74) is 7.79. The van der Waals surface area contributed by atoms with E-state index in [1.54, 1.807) is 12.3 Å². The molecule has 4 N–H and O–H groups in total. The van der Waals surface area contributed by atoms with Crippen LogP contribution in [-0.4, -0.2) is 55.9 Å². The minimum atomic E-state index is -0.434. The molecule has 2 aliphatic heterocycles. The first kappa shape index (κ1) is 26.0. The Balaban J connectivity index is 1.17. The number of piperidine rings is 1. The van der Waals surface area contributed by atoms with E-state index in [1.807, 2.05) is 19.1 Å². The molecule has 2 saturated heterocycles. The molecule has 3 aromatic heterocycles. The molecule has 0 bridgehead atoms. The van der Waals surface area contributed by atoms with E-state index >= 15 is 0 Å². The van der Waals surface area contributed by atoms with Gasteiger partial charge < -0.3 is 15.5 Å². The Morgan fingerprint density at radius 1 is 1.21 bits per heavy atom. The summed E-state index contributed by atoms with van der Waals surface area (Å²) < 4.78 is 14.6. The summed E-state index contributed by atoms with van der Waals surface area (Å²) in [5, 5.41) is 10.5. The number of hydrogen-bond donors (Lipinski definition) is 4. The van der Waals surface area contributed by atoms with Crippen LogP contribution in [0.25, 0.3) is 5.82 Å². The van der Waals surface area contributed by atoms with Gasteiger partial charge >= 0.3 is 0 Å². The van der Waals surface area contributed by atoms with Crippen LogP contribution in [0, 0.1) is 18.2 Å². The second-order valence-electron chi connectivity index (χ2n) is 10.2. The van der Waals surface area contributed by atoms with Crippen LogP contribution in [0.2, 0.25) is 0 Å². The molecule has 5 heterocycles. The summed E-state index contributed by atoms with van der Waals surface area (Å²) in [7, 11) is 0. The first-order chi connectivity index (χ1) is 18.3. The third-order valence-electron chi connectivity index (χ3n) is 7.47. The van der Waals surface area contributed by atoms with Gasteiger partial charge in [-0.1, -0.05) is 13.0 Å². The van der Waals surface area contributed by atoms with Crippen molar-refractivity contribution in [3.8, 4) is 5.82 Å². The number of aromatic nitrogens is 5. The predicted molar refractivity (Wildman–Crippen MR) is 142 cm³/mol. The van der Waals surface area contributed by atoms with E-state index < -0.39 is 11.2 Å². The molecule has 0 saturated carbocycles. The molecule has 11 nitrogen and oxygen atoms in total. The van der Waals surface area contributed by atoms with Crippen molar-refractivity contribution in [2.24, 2.45) is 5.41 Å². The summed E-state index contributed by atoms with van der Waals surface area (Å²) in [6.45, 7) is 7.98. The molecule has 2 unspecified atom stereocenters. The maximum absolute atomic E-state index is 13.3. The van der Waals surface area contributed by atoms with Gasteiger partial charge in [-0.2, -0.15) is 10.1 Å². The average Bonchev–Trinajstić information content (AvgIpc) is 3.54. The maximum Gasteiger partial charge on any atom is 0.227 e. The Kier molecular flexibility index (Phi) is 7.52. The molecule has 2 aliphatic rings. The Morgan fingerprint density at radius 3 is 2.66 bits per heavy atom. The van der Waals surface area contributed by atoms with E-state index in [9.17, 15) is 9.18 Å². The second-order valence-corrected chi connectivity index (χ2v) is 10.2. The van der Waals surface area contributed by atoms with E-state index in [0.29, 0.717) is 37.4 Å². The van der Waals surface area contributed by atoms with Gasteiger partial charge in [0.1, 0.15) is 5.82 Å². The van der Waals surface area contributed by atoms with Crippen LogP contribution in [0.15, 0.2) is 36.8 Å². The maximum atomic E-state index is 13.3. The molecule has 202 valence electrons. The SMILES string of the molecule is CCC1(C(=O)NCc2ccc(-n3cc(F)cn3)nc2)CCN(c2nc(C)cc(NC3CC(C)NN3)n2)CC1. The Labute approximate surface area is 221 Å². The highest BCUT2D eigenvalue weighted by atomic mass is 19.1. The van der Waals surface area contributed by atoms with Crippen LogP contribution in [0.3, 0.4) is 0 Å². The largest absolute Gasteiger partial charge is 0.353 e. The lowest BCUT2D eigenvalue weighted by Gasteiger charge is -2.40. The third-order valence-corrected chi connectivity index (χ3v) is 7.47. The van der Waals surface area contributed by atoms with Gasteiger partial charge in [-0.15, -0.1) is 0 Å². The predicted octanol–water partition coefficient (Wildman–Crippen LogP) is 2.44. The van der Waals surface area contributed by atoms with Gasteiger partial charge in [0.15, 0.2) is 11.6 Å². The van der Waals surface area contributed by atoms with Gasteiger partial charge in [0, 0.05) is 43.6 Å². The zero-order chi connectivity index (χ0) is 26.7. The van der Waals surface area contributed by atoms with E-state index in [0.717, 1.165) is 49.0 Å². The summed E-state index contributed by atoms with van der Waals surface area (Å²) in [5.74, 6) is 1.64. The van der Waals surface area contributed by atoms with Crippen LogP contribution in [-0.2, 0) is 11.3 Å². The highest BCUT2D eigenvalue weighted by molar-refractivity contribution is 5.83. The lowest BCUT2D eigenvalue weighted by Crippen LogP contribution is -2.49. The van der Waals surface area contributed by atoms with Crippen LogP contribution in [0.5, 0.6) is 0 Å². The van der Waals surface area contributed by atoms with Crippen molar-refractivity contribution in [3.63, 3.8) is 0 Å². The lowest BCUT2D eigenvalue weighted by molar-refractivity contribution is -0.132. The molecule has 2 fully saturated rings. The number of aryl methyl sites for hydroxylation is 1. The third kappa shape index (κ3) is 5.76. The number of anilines is 2. The van der Waals surface area contributed by atoms with Gasteiger partial charge in [-0.05, 0) is 51.2 Å². The van der Waals surface area contributed by atoms with E-state index in [4.69, 9.17) is 4.98 Å². The van der Waals surface area contributed by atoms with Crippen LogP contribution < -0.4 is 26.4 Å². The molecule has 0 radical (unpaired) electrons. The molecular formula is C26H35FN10O. The fourth-order valence-corrected chi connectivity index (χ4v) is 5.08. The first-order valence-corrected chi connectivity index (χ1v) is 13.2. The summed E-state index contributed by atoms with van der Waals surface area (Å²) in [6.07, 6.45) is 7.37. The quantitative estimate of drug-likeness (QED) is 0.353. The number of carbonyl (C=O) groups excluding carboxylic acids is 1. The Hall–Kier alpha value is -3.64. The molecule has 0 aliphatic carbocycles. The van der Waals surface area contributed by atoms with Crippen molar-refractivity contribution in [1.29, 1.82) is 0 Å². The lowest BCUT2D eigenvalue weighted by atomic mass is 9.75. The fraction of sp³-hybridized carbons (Fsp3) is 0.500. The Morgan fingerprint density at radius 2 is 2.03 bits per heavy atom. The highest BCUT2D eigenvalue weighted by Crippen LogP contribution is 2.36. The van der Waals surface area contributed by atoms with Gasteiger partial charge in [0.05, 0.1) is 24.0 Å². The van der Waals surface area contributed by atoms with Crippen molar-refractivity contribution >= 4 is 17.7 Å². The second kappa shape index (κ2) is 11.0. The molecule has 1 amide bonds. The first-order valence-electron chi connectivity index (χ1n) is 13.2. The van der Waals surface area contributed by atoms with Crippen LogP contribution >= 0.6 is 0 Å². The number of carbonyl (C=O) groups is 1. The van der Waals surface area contributed by atoms with Crippen molar-refractivity contribution in [2.75, 3.05) is 23.3 Å². The number of pyridine rings is 1. The van der Waals surface area contributed by atoms with Crippen LogP contribution in [0.1, 0.15) is 50.8 Å². The number of rotatable bonds is 8. The zero-order valence-corrected chi connectivity index (χ0v) is 22.0. The topological polar surface area (TPSA) is 125 Å². The molecule has 0 aromatic carbocycles. The van der Waals surface area contributed by atoms with Gasteiger partial charge in [-0.3, -0.25) is 10.2 Å². The minimum Gasteiger partial charge on any atom is -0.353 e. The number of halogens is 1. The number of nitrogens with zero attached hydrogens (tertiary/aromatic N) is 6. The smallest absolute Gasteiger partial charge is 0.227 e. The van der Waals surface area contributed by atoms with E-state index in [-0.39, 0.29) is 12.1 Å². The van der Waals surface area contributed by atoms with E-state index in [2.05, 4.69) is 55.3 Å². The summed E-state index contributed by atoms with van der Waals surface area (Å²) in [4.78, 5) is 29.3. The molecule has 0 spiro atoms. The standard InChI is InChI=1S/C26H35FN10O/c1-4-26(24(38)29-14-19-5-6-23(28-13-19)37-16-20(27)15-30-37)7-9-36(10-8-26)25-31-17(2)11-21(33-25)32-22-12-18(3)34-35-22/h5-6,11,13,15-16,18,22,34-35H,4,7-10,12,14H2,1-3H3,(H,29,38)(H,31,32,33). The normalized spacial score (nSPS) is 20.9. The molecule has 3 aromatic rings. The number of hydrogen-bond acceptors (Lipinski definition) is 9. The van der Waals surface area contributed by atoms with E-state index in [1.165, 1.54) is 10.9 Å². The molecule has 5 rings (SSSR count). The van der Waals surface area contributed by atoms with Crippen molar-refractivity contribution in [2.45, 2.75) is 65.2 Å². The summed E-state index contributed by atoms with van der Waals surface area (Å²) >= 11 is 0. The highest BCUT2D eigenvalue weighted by Gasteiger charge is 2.40. The fourth-order valence-electron chi connectivity index (χ4n) is 5.08. The van der Waals surface area contributed by atoms with Crippen molar-refractivity contribution in [1.82, 2.24) is 40.9 Å². The molecule has 2 atom stereocenters. The zero-order valence-electron chi connectivity index (χ0n) is 22.0. The molecule has 12 heteroatoms. The molecular weight excluding hydrogens is 487 g/mol. The molecule has 38 heavy (non-hydrogen) atoms. The summed E-state index contributed by atoms with van der Waals surface area (Å²) in [6, 6.07) is 5.97. The van der Waals surface area contributed by atoms with Crippen molar-refractivity contribution in [3.05, 3.63) is 53.9 Å². The Bertz CT molecular complexity index is 1260. The average molecular weight is 523 g/mol. The number of hydrazine groups is 1. The van der Waals surface area contributed by atoms with Gasteiger partial charge in [0.25, 0.3) is 0 Å². The minimum absolute atomic E-state index is 0.0549. The van der Waals surface area contributed by atoms with Crippen LogP contribution in [0.4, 0.5) is 16.2 Å². The van der Waals surface area contributed by atoms with Gasteiger partial charge in [0.2, 0.25) is 11.9 Å². The number of amides is 1.